The summed E-state index contributed by atoms with van der Waals surface area (Å²) in [5, 5.41) is 3.87. The van der Waals surface area contributed by atoms with Crippen molar-refractivity contribution in [1.29, 1.82) is 0 Å². The van der Waals surface area contributed by atoms with Crippen LogP contribution < -0.4 is 19.7 Å². The number of hydrogen-bond acceptors (Lipinski definition) is 5. The molecule has 5 heteroatoms. The fourth-order valence-corrected chi connectivity index (χ4v) is 7.96. The highest BCUT2D eigenvalue weighted by atomic mass is 16.5. The second-order valence-electron chi connectivity index (χ2n) is 14.0. The molecule has 8 aromatic rings. The molecule has 0 radical (unpaired) electrons. The summed E-state index contributed by atoms with van der Waals surface area (Å²) in [6, 6.07) is 65.5. The average Bonchev–Trinajstić information content (AvgIpc) is 3.26. The van der Waals surface area contributed by atoms with Gasteiger partial charge in [0.1, 0.15) is 5.69 Å². The minimum Gasteiger partial charge on any atom is -0.453 e. The molecule has 0 amide bonds. The highest BCUT2D eigenvalue weighted by Gasteiger charge is 2.34. The van der Waals surface area contributed by atoms with Gasteiger partial charge in [0, 0.05) is 0 Å². The topological polar surface area (TPSA) is 46.1 Å². The van der Waals surface area contributed by atoms with E-state index in [0.717, 1.165) is 79.4 Å². The molecule has 1 unspecified atom stereocenters. The lowest BCUT2D eigenvalue weighted by Crippen LogP contribution is -2.25. The fraction of sp³-hybridized carbons (Fsp3) is 0.0200. The molecule has 55 heavy (non-hydrogen) atoms. The first-order valence-corrected chi connectivity index (χ1v) is 18.6. The first-order chi connectivity index (χ1) is 27.2. The van der Waals surface area contributed by atoms with Crippen molar-refractivity contribution in [3.63, 3.8) is 0 Å². The van der Waals surface area contributed by atoms with Gasteiger partial charge in [0.05, 0.1) is 34.5 Å². The van der Waals surface area contributed by atoms with Crippen LogP contribution in [0.15, 0.2) is 193 Å². The van der Waals surface area contributed by atoms with Crippen LogP contribution in [0.4, 0.5) is 28.4 Å². The largest absolute Gasteiger partial charge is 0.453 e. The summed E-state index contributed by atoms with van der Waals surface area (Å²) < 4.78 is 12.8. The SMILES string of the molecule is c1ccc(-c2ccc(C3=Nc4cc(-c5ccc6c(c5)Oc5cccc7c5N6c5ccccc5O7)ccc4NC3c3ccc(-c4ccccc4)cc3)cc2)cc1. The number of rotatable bonds is 5. The highest BCUT2D eigenvalue weighted by Crippen LogP contribution is 2.59. The van der Waals surface area contributed by atoms with Gasteiger partial charge >= 0.3 is 0 Å². The first-order valence-electron chi connectivity index (χ1n) is 18.6. The van der Waals surface area contributed by atoms with E-state index in [1.165, 1.54) is 22.3 Å². The number of benzene rings is 8. The summed E-state index contributed by atoms with van der Waals surface area (Å²) in [5.41, 5.74) is 14.8. The van der Waals surface area contributed by atoms with Crippen molar-refractivity contribution in [3.05, 3.63) is 199 Å². The Kier molecular flexibility index (Phi) is 7.17. The maximum Gasteiger partial charge on any atom is 0.155 e. The van der Waals surface area contributed by atoms with Crippen LogP contribution in [0, 0.1) is 0 Å². The third-order valence-corrected chi connectivity index (χ3v) is 10.7. The number of aliphatic imine (C=N–C) groups is 1. The Hall–Kier alpha value is -7.37. The standard InChI is InChI=1S/C50H33N3O2/c1-3-10-32(11-4-1)34-18-22-36(23-19-34)48-49(37-24-20-35(21-25-37)33-12-5-2-6-13-33)52-41-30-38(26-28-40(41)51-48)39-27-29-43-47(31-39)55-46-17-9-16-45-50(46)53(43)42-14-7-8-15-44(42)54-45/h1-31,48,51H. The molecule has 0 spiro atoms. The molecule has 260 valence electrons. The third kappa shape index (κ3) is 5.36. The van der Waals surface area contributed by atoms with Gasteiger partial charge < -0.3 is 14.8 Å². The fourth-order valence-electron chi connectivity index (χ4n) is 7.96. The highest BCUT2D eigenvalue weighted by molar-refractivity contribution is 6.10. The number of nitrogens with one attached hydrogen (secondary N) is 1. The van der Waals surface area contributed by atoms with Crippen molar-refractivity contribution < 1.29 is 9.47 Å². The molecule has 0 aliphatic carbocycles. The molecule has 8 aromatic carbocycles. The Labute approximate surface area is 319 Å². The van der Waals surface area contributed by atoms with E-state index in [4.69, 9.17) is 14.5 Å². The lowest BCUT2D eigenvalue weighted by Gasteiger charge is -2.37. The molecule has 5 nitrogen and oxygen atoms in total. The average molecular weight is 708 g/mol. The van der Waals surface area contributed by atoms with Gasteiger partial charge in [-0.2, -0.15) is 0 Å². The number of fused-ring (bicyclic) bond motifs is 5. The van der Waals surface area contributed by atoms with Crippen molar-refractivity contribution in [1.82, 2.24) is 0 Å². The minimum absolute atomic E-state index is 0.135. The zero-order valence-corrected chi connectivity index (χ0v) is 29.7. The smallest absolute Gasteiger partial charge is 0.155 e. The van der Waals surface area contributed by atoms with Crippen LogP contribution in [0.5, 0.6) is 23.0 Å². The third-order valence-electron chi connectivity index (χ3n) is 10.7. The van der Waals surface area contributed by atoms with Crippen LogP contribution in [0.25, 0.3) is 33.4 Å². The number of nitrogens with zero attached hydrogens (tertiary/aromatic N) is 2. The predicted molar refractivity (Wildman–Crippen MR) is 223 cm³/mol. The van der Waals surface area contributed by atoms with E-state index >= 15 is 0 Å². The molecule has 3 aliphatic heterocycles. The molecule has 3 heterocycles. The Morgan fingerprint density at radius 2 is 0.945 bits per heavy atom. The van der Waals surface area contributed by atoms with Gasteiger partial charge in [0.15, 0.2) is 23.0 Å². The molecule has 0 saturated heterocycles. The minimum atomic E-state index is -0.135. The van der Waals surface area contributed by atoms with Gasteiger partial charge in [-0.05, 0) is 93.0 Å². The van der Waals surface area contributed by atoms with Gasteiger partial charge in [-0.3, -0.25) is 4.90 Å². The summed E-state index contributed by atoms with van der Waals surface area (Å²) in [4.78, 5) is 7.67. The quantitative estimate of drug-likeness (QED) is 0.193. The van der Waals surface area contributed by atoms with Crippen LogP contribution in [-0.2, 0) is 0 Å². The van der Waals surface area contributed by atoms with E-state index in [1.807, 2.05) is 42.5 Å². The summed E-state index contributed by atoms with van der Waals surface area (Å²) in [6.45, 7) is 0. The second kappa shape index (κ2) is 12.6. The number of hydrogen-bond donors (Lipinski definition) is 1. The molecular formula is C50H33N3O2. The molecule has 1 atom stereocenters. The van der Waals surface area contributed by atoms with Gasteiger partial charge in [-0.1, -0.05) is 140 Å². The summed E-state index contributed by atoms with van der Waals surface area (Å²) in [6.07, 6.45) is 0. The van der Waals surface area contributed by atoms with Crippen molar-refractivity contribution in [2.24, 2.45) is 4.99 Å². The number of anilines is 4. The Bertz CT molecular complexity index is 2780. The zero-order chi connectivity index (χ0) is 36.3. The molecule has 0 fully saturated rings. The van der Waals surface area contributed by atoms with Crippen molar-refractivity contribution in [2.45, 2.75) is 6.04 Å². The van der Waals surface area contributed by atoms with E-state index < -0.39 is 0 Å². The monoisotopic (exact) mass is 707 g/mol. The van der Waals surface area contributed by atoms with E-state index in [0.29, 0.717) is 0 Å². The van der Waals surface area contributed by atoms with Gasteiger partial charge in [0.2, 0.25) is 0 Å². The van der Waals surface area contributed by atoms with Crippen LogP contribution >= 0.6 is 0 Å². The molecule has 0 saturated carbocycles. The molecule has 1 N–H and O–H groups in total. The lowest BCUT2D eigenvalue weighted by molar-refractivity contribution is 0.446. The van der Waals surface area contributed by atoms with Crippen LogP contribution in [0.3, 0.4) is 0 Å². The lowest BCUT2D eigenvalue weighted by atomic mass is 9.91. The number of para-hydroxylation sites is 3. The molecule has 3 aliphatic rings. The van der Waals surface area contributed by atoms with E-state index in [9.17, 15) is 0 Å². The second-order valence-corrected chi connectivity index (χ2v) is 14.0. The molecular weight excluding hydrogens is 675 g/mol. The van der Waals surface area contributed by atoms with Gasteiger partial charge in [0.25, 0.3) is 0 Å². The van der Waals surface area contributed by atoms with Crippen molar-refractivity contribution in [2.75, 3.05) is 10.2 Å². The van der Waals surface area contributed by atoms with Crippen molar-refractivity contribution in [3.8, 4) is 56.4 Å². The molecule has 11 rings (SSSR count). The van der Waals surface area contributed by atoms with E-state index in [2.05, 4.69) is 156 Å². The van der Waals surface area contributed by atoms with E-state index in [1.54, 1.807) is 0 Å². The van der Waals surface area contributed by atoms with Crippen LogP contribution in [0.2, 0.25) is 0 Å². The van der Waals surface area contributed by atoms with Crippen LogP contribution in [-0.4, -0.2) is 5.71 Å². The predicted octanol–water partition coefficient (Wildman–Crippen LogP) is 13.7. The zero-order valence-electron chi connectivity index (χ0n) is 29.7. The van der Waals surface area contributed by atoms with Crippen molar-refractivity contribution >= 4 is 34.1 Å². The number of ether oxygens (including phenoxy) is 2. The Morgan fingerprint density at radius 1 is 0.418 bits per heavy atom. The molecule has 0 aromatic heterocycles. The Balaban J connectivity index is 0.976. The first kappa shape index (κ1) is 31.2. The molecule has 0 bridgehead atoms. The van der Waals surface area contributed by atoms with Gasteiger partial charge in [-0.15, -0.1) is 0 Å². The summed E-state index contributed by atoms with van der Waals surface area (Å²) in [7, 11) is 0. The van der Waals surface area contributed by atoms with Crippen LogP contribution in [0.1, 0.15) is 17.2 Å². The maximum absolute atomic E-state index is 6.57. The van der Waals surface area contributed by atoms with Gasteiger partial charge in [-0.25, -0.2) is 4.99 Å². The normalized spacial score (nSPS) is 14.5. The van der Waals surface area contributed by atoms with E-state index in [-0.39, 0.29) is 6.04 Å². The summed E-state index contributed by atoms with van der Waals surface area (Å²) >= 11 is 0. The Morgan fingerprint density at radius 3 is 1.67 bits per heavy atom. The maximum atomic E-state index is 6.57. The summed E-state index contributed by atoms with van der Waals surface area (Å²) in [5.74, 6) is 3.15.